The molecule has 2 unspecified atom stereocenters. The summed E-state index contributed by atoms with van der Waals surface area (Å²) in [6, 6.07) is 38.1. The van der Waals surface area contributed by atoms with Crippen LogP contribution in [0.3, 0.4) is 0 Å². The van der Waals surface area contributed by atoms with Crippen LogP contribution < -0.4 is 33.2 Å². The molecule has 3 aliphatic heterocycles. The first-order valence-electron chi connectivity index (χ1n) is 28.0. The lowest BCUT2D eigenvalue weighted by atomic mass is 9.68. The maximum Gasteiger partial charge on any atom is 0.248 e. The zero-order valence-electron chi connectivity index (χ0n) is 46.8. The van der Waals surface area contributed by atoms with Crippen LogP contribution in [0, 0.1) is 17.8 Å². The summed E-state index contributed by atoms with van der Waals surface area (Å²) in [5, 5.41) is 19.2. The number of benzene rings is 6. The van der Waals surface area contributed by atoms with Crippen LogP contribution in [0.15, 0.2) is 127 Å². The highest BCUT2D eigenvalue weighted by Crippen LogP contribution is 2.58. The average molecular weight is 1150 g/mol. The van der Waals surface area contributed by atoms with Gasteiger partial charge in [0.2, 0.25) is 11.8 Å². The molecule has 14 nitrogen and oxygen atoms in total. The minimum absolute atomic E-state index is 0.0412. The molecule has 6 aromatic rings. The number of alkyl halides is 4. The Balaban J connectivity index is 0.000000140. The van der Waals surface area contributed by atoms with Gasteiger partial charge in [0.1, 0.15) is 75.8 Å². The van der Waals surface area contributed by atoms with E-state index in [1.54, 1.807) is 69.9 Å². The number of rotatable bonds is 15. The Hall–Kier alpha value is -7.25. The highest BCUT2D eigenvalue weighted by molar-refractivity contribution is 5.80. The number of fused-ring (bicyclic) bond motifs is 9. The molecule has 6 aliphatic rings. The molecule has 12 rings (SSSR count). The second-order valence-electron chi connectivity index (χ2n) is 22.0. The molecular weight excluding hydrogens is 1080 g/mol. The van der Waals surface area contributed by atoms with Crippen molar-refractivity contribution in [2.45, 2.75) is 106 Å². The maximum atomic E-state index is 14.4. The highest BCUT2D eigenvalue weighted by atomic mass is 19.3. The summed E-state index contributed by atoms with van der Waals surface area (Å²) in [5.41, 5.74) is 5.40. The summed E-state index contributed by atoms with van der Waals surface area (Å²) in [7, 11) is 6.29. The Kier molecular flexibility index (Phi) is 18.5. The van der Waals surface area contributed by atoms with Gasteiger partial charge in [-0.3, -0.25) is 4.79 Å². The number of aromatic hydroxyl groups is 2. The molecule has 3 fully saturated rings. The number of phenols is 2. The first kappa shape index (κ1) is 58.9. The second-order valence-corrected chi connectivity index (χ2v) is 22.0. The van der Waals surface area contributed by atoms with E-state index in [1.165, 1.54) is 13.2 Å². The van der Waals surface area contributed by atoms with Crippen LogP contribution in [0.5, 0.6) is 51.7 Å². The number of ether oxygens (including phenoxy) is 11. The topological polar surface area (TPSA) is 159 Å². The molecule has 0 bridgehead atoms. The fourth-order valence-electron chi connectivity index (χ4n) is 12.7. The smallest absolute Gasteiger partial charge is 0.248 e. The van der Waals surface area contributed by atoms with Gasteiger partial charge in [-0.05, 0) is 127 Å². The van der Waals surface area contributed by atoms with Crippen molar-refractivity contribution in [2.24, 2.45) is 17.8 Å². The van der Waals surface area contributed by atoms with Crippen molar-refractivity contribution < 1.29 is 84.7 Å². The van der Waals surface area contributed by atoms with Crippen molar-refractivity contribution in [2.75, 3.05) is 55.6 Å². The molecule has 83 heavy (non-hydrogen) atoms. The number of carbonyl (C=O) groups is 1. The minimum atomic E-state index is -2.69. The molecule has 0 aromatic heterocycles. The van der Waals surface area contributed by atoms with E-state index >= 15 is 0 Å². The first-order chi connectivity index (χ1) is 40.1. The van der Waals surface area contributed by atoms with Crippen molar-refractivity contribution in [1.29, 1.82) is 0 Å². The Morgan fingerprint density at radius 3 is 1.23 bits per heavy atom. The predicted molar refractivity (Wildman–Crippen MR) is 297 cm³/mol. The van der Waals surface area contributed by atoms with Crippen LogP contribution >= 0.6 is 0 Å². The third kappa shape index (κ3) is 13.9. The van der Waals surface area contributed by atoms with Crippen molar-refractivity contribution >= 4 is 5.78 Å². The Labute approximate surface area is 480 Å². The van der Waals surface area contributed by atoms with Crippen LogP contribution in [0.4, 0.5) is 17.6 Å². The summed E-state index contributed by atoms with van der Waals surface area (Å²) in [6.45, 7) is 0.670. The lowest BCUT2D eigenvalue weighted by Crippen LogP contribution is -2.38. The summed E-state index contributed by atoms with van der Waals surface area (Å²) in [5.74, 6) is -0.524. The zero-order chi connectivity index (χ0) is 58.3. The third-order valence-corrected chi connectivity index (χ3v) is 16.6. The quantitative estimate of drug-likeness (QED) is 0.0739. The molecule has 9 atom stereocenters. The van der Waals surface area contributed by atoms with Gasteiger partial charge < -0.3 is 62.3 Å². The van der Waals surface area contributed by atoms with Crippen LogP contribution in [0.1, 0.15) is 127 Å². The normalized spacial score (nSPS) is 24.8. The third-order valence-electron chi connectivity index (χ3n) is 16.6. The molecule has 6 aromatic carbocycles. The van der Waals surface area contributed by atoms with E-state index in [1.807, 2.05) is 72.8 Å². The van der Waals surface area contributed by atoms with Gasteiger partial charge in [-0.2, -0.15) is 0 Å². The standard InChI is InChI=1S/C23H26F2O5.C23H26O6.C19H18F2O3/c1-26-13-28-16-5-3-15(4-6-16)22-18-9-10-23(24,25)12-20(18)19-11-17(29-14-27-2)7-8-21(19)30-22;1-25-13-27-17-6-3-15(4-7-17)23-19-9-5-16(24)11-20(19)21-12-18(28-14-26-2)8-10-22(21)29-23;20-19(21)8-7-14-16(10-19)15-9-13(23)5-6-17(15)24-18(14)11-1-3-12(22)4-2-11/h3-8,11,18,20,22H,9-10,12-14H2,1-2H3;3-4,6-8,10,12,19-20,23H,5,9,11,13-14H2,1-2H3;1-6,9,14,16,18,22-23H,7-8,10H2/t18-,20+,22?;19-,20+,23?;14-,16+,18-/m111/s1. The number of phenolic OH excluding ortho intramolecular Hbond substituents is 2. The van der Waals surface area contributed by atoms with Crippen LogP contribution in [-0.2, 0) is 23.7 Å². The van der Waals surface area contributed by atoms with Gasteiger partial charge >= 0.3 is 0 Å². The van der Waals surface area contributed by atoms with E-state index in [4.69, 9.17) is 52.1 Å². The number of hydrogen-bond donors (Lipinski definition) is 2. The Morgan fingerprint density at radius 1 is 0.446 bits per heavy atom. The number of hydrogen-bond acceptors (Lipinski definition) is 14. The SMILES string of the molecule is COCOc1ccc(C2Oc3ccc(OCOC)cc3[C@H]3CC(=O)CC[C@@H]23)cc1.COCOc1ccc(C2Oc3ccc(OCOC)cc3[C@H]3CC(F)(F)CC[C@@H]23)cc1.Oc1ccc([C@H]2Oc3ccc(O)cc3[C@H]3CC(F)(F)CC[C@H]32)cc1. The number of methoxy groups -OCH3 is 4. The van der Waals surface area contributed by atoms with Gasteiger partial charge in [0, 0.05) is 119 Å². The summed E-state index contributed by atoms with van der Waals surface area (Å²) < 4.78 is 117. The summed E-state index contributed by atoms with van der Waals surface area (Å²) in [6.07, 6.45) is 1.31. The average Bonchev–Trinajstić information content (AvgIpc) is 3.68. The molecule has 3 saturated carbocycles. The van der Waals surface area contributed by atoms with Crippen LogP contribution in [0.25, 0.3) is 0 Å². The fraction of sp³-hybridized carbons (Fsp3) is 0.431. The maximum absolute atomic E-state index is 14.4. The van der Waals surface area contributed by atoms with Crippen LogP contribution in [0.2, 0.25) is 0 Å². The van der Waals surface area contributed by atoms with Crippen molar-refractivity contribution in [3.05, 3.63) is 161 Å². The van der Waals surface area contributed by atoms with E-state index < -0.39 is 11.8 Å². The molecule has 0 amide bonds. The number of Topliss-reactive ketones (excluding diaryl/α,β-unsaturated/α-hetero) is 1. The minimum Gasteiger partial charge on any atom is -0.508 e. The van der Waals surface area contributed by atoms with E-state index in [2.05, 4.69) is 0 Å². The molecule has 0 spiro atoms. The summed E-state index contributed by atoms with van der Waals surface area (Å²) in [4.78, 5) is 12.3. The molecule has 3 aliphatic carbocycles. The predicted octanol–water partition coefficient (Wildman–Crippen LogP) is 14.3. The molecule has 442 valence electrons. The van der Waals surface area contributed by atoms with E-state index in [0.29, 0.717) is 60.0 Å². The van der Waals surface area contributed by atoms with E-state index in [9.17, 15) is 32.6 Å². The lowest BCUT2D eigenvalue weighted by molar-refractivity contribution is -0.122. The van der Waals surface area contributed by atoms with Crippen molar-refractivity contribution in [1.82, 2.24) is 0 Å². The largest absolute Gasteiger partial charge is 0.508 e. The number of carbonyl (C=O) groups excluding carboxylic acids is 1. The van der Waals surface area contributed by atoms with E-state index in [0.717, 1.165) is 51.5 Å². The molecule has 0 saturated heterocycles. The zero-order valence-corrected chi connectivity index (χ0v) is 46.8. The van der Waals surface area contributed by atoms with Gasteiger partial charge in [-0.25, -0.2) is 17.6 Å². The lowest BCUT2D eigenvalue weighted by Gasteiger charge is -2.44. The fourth-order valence-corrected chi connectivity index (χ4v) is 12.7. The molecule has 18 heteroatoms. The van der Waals surface area contributed by atoms with E-state index in [-0.39, 0.29) is 118 Å². The molecule has 0 radical (unpaired) electrons. The summed E-state index contributed by atoms with van der Waals surface area (Å²) >= 11 is 0. The van der Waals surface area contributed by atoms with Crippen molar-refractivity contribution in [3.63, 3.8) is 0 Å². The van der Waals surface area contributed by atoms with Gasteiger partial charge in [-0.1, -0.05) is 36.4 Å². The Bertz CT molecular complexity index is 3120. The van der Waals surface area contributed by atoms with Gasteiger partial charge in [0.15, 0.2) is 27.2 Å². The first-order valence-corrected chi connectivity index (χ1v) is 28.0. The number of ketones is 1. The van der Waals surface area contributed by atoms with Crippen LogP contribution in [-0.4, -0.2) is 83.5 Å². The van der Waals surface area contributed by atoms with Gasteiger partial charge in [0.25, 0.3) is 0 Å². The monoisotopic (exact) mass is 1150 g/mol. The molecule has 3 heterocycles. The second kappa shape index (κ2) is 26.1. The Morgan fingerprint density at radius 2 is 0.795 bits per heavy atom. The van der Waals surface area contributed by atoms with Gasteiger partial charge in [0.05, 0.1) is 0 Å². The number of halogens is 4. The molecule has 2 N–H and O–H groups in total. The highest BCUT2D eigenvalue weighted by Gasteiger charge is 2.51. The van der Waals surface area contributed by atoms with Crippen molar-refractivity contribution in [3.8, 4) is 51.7 Å². The molecular formula is C65H70F4O14. The van der Waals surface area contributed by atoms with Gasteiger partial charge in [-0.15, -0.1) is 0 Å².